The minimum atomic E-state index is -3.89. The summed E-state index contributed by atoms with van der Waals surface area (Å²) in [5.74, 6) is -0.418. The van der Waals surface area contributed by atoms with Gasteiger partial charge >= 0.3 is 0 Å². The number of primary sulfonamides is 1. The summed E-state index contributed by atoms with van der Waals surface area (Å²) in [4.78, 5) is 15.9. The van der Waals surface area contributed by atoms with Crippen LogP contribution >= 0.6 is 11.6 Å². The molecule has 6 nitrogen and oxygen atoms in total. The Morgan fingerprint density at radius 1 is 1.29 bits per heavy atom. The lowest BCUT2D eigenvalue weighted by Gasteiger charge is -2.07. The first-order valence-corrected chi connectivity index (χ1v) is 7.77. The molecule has 1 aromatic carbocycles. The van der Waals surface area contributed by atoms with Crippen LogP contribution in [0.15, 0.2) is 41.3 Å². The average molecular weight is 326 g/mol. The van der Waals surface area contributed by atoms with E-state index < -0.39 is 15.9 Å². The predicted octanol–water partition coefficient (Wildman–Crippen LogP) is 1.94. The number of sulfonamides is 1. The van der Waals surface area contributed by atoms with Gasteiger partial charge in [-0.15, -0.1) is 0 Å². The number of nitrogens with two attached hydrogens (primary N) is 1. The summed E-state index contributed by atoms with van der Waals surface area (Å²) >= 11 is 5.84. The molecule has 0 radical (unpaired) electrons. The Kier molecular flexibility index (Phi) is 4.26. The molecule has 2 aromatic rings. The highest BCUT2D eigenvalue weighted by molar-refractivity contribution is 7.89. The molecule has 0 fully saturated rings. The van der Waals surface area contributed by atoms with Crippen molar-refractivity contribution in [3.8, 4) is 0 Å². The van der Waals surface area contributed by atoms with Crippen molar-refractivity contribution in [1.82, 2.24) is 4.98 Å². The van der Waals surface area contributed by atoms with Crippen LogP contribution in [0.3, 0.4) is 0 Å². The monoisotopic (exact) mass is 325 g/mol. The number of aromatic nitrogens is 1. The minimum absolute atomic E-state index is 0.0625. The number of nitrogens with zero attached hydrogens (tertiary/aromatic N) is 1. The lowest BCUT2D eigenvalue weighted by Crippen LogP contribution is -2.15. The van der Waals surface area contributed by atoms with E-state index in [4.69, 9.17) is 16.7 Å². The van der Waals surface area contributed by atoms with E-state index in [1.807, 2.05) is 0 Å². The fourth-order valence-electron chi connectivity index (χ4n) is 1.67. The van der Waals surface area contributed by atoms with Crippen LogP contribution in [0.5, 0.6) is 0 Å². The van der Waals surface area contributed by atoms with Crippen LogP contribution in [0.1, 0.15) is 16.2 Å². The Morgan fingerprint density at radius 3 is 2.57 bits per heavy atom. The number of carbonyl (C=O) groups excluding carboxylic acids is 1. The van der Waals surface area contributed by atoms with Crippen molar-refractivity contribution in [2.45, 2.75) is 11.8 Å². The SMILES string of the molecule is Cc1cccc(C(=O)Nc2ccc(S(N)(=O)=O)c(Cl)c2)n1. The Balaban J connectivity index is 2.25. The number of nitrogens with one attached hydrogen (secondary N) is 1. The van der Waals surface area contributed by atoms with Crippen LogP contribution in [0.25, 0.3) is 0 Å². The van der Waals surface area contributed by atoms with Gasteiger partial charge in [0.1, 0.15) is 10.6 Å². The number of benzene rings is 1. The number of halogens is 1. The smallest absolute Gasteiger partial charge is 0.274 e. The second kappa shape index (κ2) is 5.80. The van der Waals surface area contributed by atoms with Crippen molar-refractivity contribution < 1.29 is 13.2 Å². The van der Waals surface area contributed by atoms with Gasteiger partial charge in [0.05, 0.1) is 5.02 Å². The van der Waals surface area contributed by atoms with Gasteiger partial charge in [-0.25, -0.2) is 18.5 Å². The third-order valence-electron chi connectivity index (χ3n) is 2.62. The molecule has 21 heavy (non-hydrogen) atoms. The number of amides is 1. The highest BCUT2D eigenvalue weighted by Gasteiger charge is 2.14. The van der Waals surface area contributed by atoms with E-state index in [1.54, 1.807) is 25.1 Å². The van der Waals surface area contributed by atoms with Crippen LogP contribution in [0.2, 0.25) is 5.02 Å². The van der Waals surface area contributed by atoms with Gasteiger partial charge in [-0.1, -0.05) is 17.7 Å². The third-order valence-corrected chi connectivity index (χ3v) is 4.01. The quantitative estimate of drug-likeness (QED) is 0.900. The zero-order valence-corrected chi connectivity index (χ0v) is 12.6. The molecule has 8 heteroatoms. The van der Waals surface area contributed by atoms with Crippen LogP contribution in [0.4, 0.5) is 5.69 Å². The first-order valence-electron chi connectivity index (χ1n) is 5.85. The number of hydrogen-bond donors (Lipinski definition) is 2. The molecule has 0 aliphatic rings. The van der Waals surface area contributed by atoms with Crippen molar-refractivity contribution in [3.05, 3.63) is 52.8 Å². The molecule has 0 unspecified atom stereocenters. The van der Waals surface area contributed by atoms with E-state index in [0.29, 0.717) is 11.4 Å². The van der Waals surface area contributed by atoms with Gasteiger partial charge in [0.15, 0.2) is 0 Å². The highest BCUT2D eigenvalue weighted by atomic mass is 35.5. The van der Waals surface area contributed by atoms with Crippen LogP contribution in [-0.2, 0) is 10.0 Å². The fourth-order valence-corrected chi connectivity index (χ4v) is 2.77. The molecule has 0 aliphatic heterocycles. The summed E-state index contributed by atoms with van der Waals surface area (Å²) in [6.45, 7) is 1.77. The molecule has 0 bridgehead atoms. The molecule has 110 valence electrons. The van der Waals surface area contributed by atoms with Gasteiger partial charge in [-0.3, -0.25) is 4.79 Å². The molecule has 2 rings (SSSR count). The molecule has 0 aliphatic carbocycles. The van der Waals surface area contributed by atoms with Gasteiger partial charge < -0.3 is 5.32 Å². The Labute approximate surface area is 127 Å². The standard InChI is InChI=1S/C13H12ClN3O3S/c1-8-3-2-4-11(16-8)13(18)17-9-5-6-12(10(14)7-9)21(15,19)20/h2-7H,1H3,(H,17,18)(H2,15,19,20). The normalized spacial score (nSPS) is 11.2. The summed E-state index contributed by atoms with van der Waals surface area (Å²) in [6, 6.07) is 9.01. The lowest BCUT2D eigenvalue weighted by atomic mass is 10.2. The van der Waals surface area contributed by atoms with E-state index in [-0.39, 0.29) is 15.6 Å². The zero-order chi connectivity index (χ0) is 15.6. The summed E-state index contributed by atoms with van der Waals surface area (Å²) in [5, 5.41) is 7.53. The highest BCUT2D eigenvalue weighted by Crippen LogP contribution is 2.24. The average Bonchev–Trinajstić information content (AvgIpc) is 2.37. The first kappa shape index (κ1) is 15.4. The van der Waals surface area contributed by atoms with Gasteiger partial charge in [0.25, 0.3) is 5.91 Å². The number of carbonyl (C=O) groups is 1. The van der Waals surface area contributed by atoms with Gasteiger partial charge in [0, 0.05) is 11.4 Å². The number of aryl methyl sites for hydroxylation is 1. The summed E-state index contributed by atoms with van der Waals surface area (Å²) < 4.78 is 22.5. The molecule has 0 spiro atoms. The number of hydrogen-bond acceptors (Lipinski definition) is 4. The molecule has 1 aromatic heterocycles. The summed E-state index contributed by atoms with van der Waals surface area (Å²) in [7, 11) is -3.89. The maximum Gasteiger partial charge on any atom is 0.274 e. The number of rotatable bonds is 3. The molecular formula is C13H12ClN3O3S. The van der Waals surface area contributed by atoms with Crippen molar-refractivity contribution in [3.63, 3.8) is 0 Å². The number of pyridine rings is 1. The Morgan fingerprint density at radius 2 is 2.00 bits per heavy atom. The van der Waals surface area contributed by atoms with Gasteiger partial charge in [-0.2, -0.15) is 0 Å². The minimum Gasteiger partial charge on any atom is -0.321 e. The molecule has 0 atom stereocenters. The summed E-state index contributed by atoms with van der Waals surface area (Å²) in [5.41, 5.74) is 1.31. The van der Waals surface area contributed by atoms with Gasteiger partial charge in [0.2, 0.25) is 10.0 Å². The lowest BCUT2D eigenvalue weighted by molar-refractivity contribution is 0.102. The topological polar surface area (TPSA) is 102 Å². The van der Waals surface area contributed by atoms with E-state index in [2.05, 4.69) is 10.3 Å². The van der Waals surface area contributed by atoms with Crippen molar-refractivity contribution >= 4 is 33.2 Å². The summed E-state index contributed by atoms with van der Waals surface area (Å²) in [6.07, 6.45) is 0. The van der Waals surface area contributed by atoms with Gasteiger partial charge in [-0.05, 0) is 37.3 Å². The van der Waals surface area contributed by atoms with E-state index in [1.165, 1.54) is 18.2 Å². The molecule has 0 saturated heterocycles. The Bertz CT molecular complexity index is 806. The first-order chi connectivity index (χ1) is 9.77. The largest absolute Gasteiger partial charge is 0.321 e. The third kappa shape index (κ3) is 3.78. The maximum atomic E-state index is 12.0. The van der Waals surface area contributed by atoms with Crippen LogP contribution < -0.4 is 10.5 Å². The second-order valence-electron chi connectivity index (χ2n) is 4.31. The van der Waals surface area contributed by atoms with E-state index in [9.17, 15) is 13.2 Å². The van der Waals surface area contributed by atoms with Crippen molar-refractivity contribution in [2.24, 2.45) is 5.14 Å². The van der Waals surface area contributed by atoms with Crippen LogP contribution in [0, 0.1) is 6.92 Å². The molecule has 0 saturated carbocycles. The van der Waals surface area contributed by atoms with Crippen LogP contribution in [-0.4, -0.2) is 19.3 Å². The predicted molar refractivity (Wildman–Crippen MR) is 79.8 cm³/mol. The zero-order valence-electron chi connectivity index (χ0n) is 11.0. The molecular weight excluding hydrogens is 314 g/mol. The maximum absolute atomic E-state index is 12.0. The van der Waals surface area contributed by atoms with Crippen molar-refractivity contribution in [1.29, 1.82) is 0 Å². The van der Waals surface area contributed by atoms with E-state index in [0.717, 1.165) is 0 Å². The number of anilines is 1. The Hall–Kier alpha value is -1.96. The fraction of sp³-hybridized carbons (Fsp3) is 0.0769. The molecule has 1 heterocycles. The van der Waals surface area contributed by atoms with E-state index >= 15 is 0 Å². The van der Waals surface area contributed by atoms with Crippen molar-refractivity contribution in [2.75, 3.05) is 5.32 Å². The second-order valence-corrected chi connectivity index (χ2v) is 6.25. The molecule has 3 N–H and O–H groups in total. The molecule has 1 amide bonds.